The molecule has 0 rings (SSSR count). The molecule has 0 aromatic carbocycles. The smallest absolute Gasteiger partial charge is 0.326 e. The number of carbonyl (C=O) groups is 2. The highest BCUT2D eigenvalue weighted by molar-refractivity contribution is 5.85. The number of rotatable bonds is 20. The Labute approximate surface area is 228 Å². The number of aliphatic hydroxyl groups excluding tert-OH is 2. The molecule has 9 heteroatoms. The molecule has 6 atom stereocenters. The number of amides is 1. The van der Waals surface area contributed by atoms with E-state index < -0.39 is 36.5 Å². The lowest BCUT2D eigenvalue weighted by molar-refractivity contribution is -0.143. The first kappa shape index (κ1) is 35.1. The minimum atomic E-state index is -1.26. The van der Waals surface area contributed by atoms with Crippen molar-refractivity contribution in [2.24, 2.45) is 40.1 Å². The fraction of sp³-hybridized carbons (Fsp3) is 0.621. The Bertz CT molecular complexity index is 818. The summed E-state index contributed by atoms with van der Waals surface area (Å²) in [5.74, 6) is -1.68. The summed E-state index contributed by atoms with van der Waals surface area (Å²) < 4.78 is 0. The Morgan fingerprint density at radius 2 is 1.61 bits per heavy atom. The number of carboxylic acid groups (broad SMARTS) is 1. The van der Waals surface area contributed by atoms with Crippen LogP contribution in [0.5, 0.6) is 0 Å². The molecule has 1 amide bonds. The molecule has 8 N–H and O–H groups in total. The third-order valence-corrected chi connectivity index (χ3v) is 6.26. The minimum Gasteiger partial charge on any atom is -0.480 e. The molecule has 0 bridgehead atoms. The lowest BCUT2D eigenvalue weighted by Crippen LogP contribution is -2.47. The largest absolute Gasteiger partial charge is 0.480 e. The number of nitrogens with zero attached hydrogens (tertiary/aromatic N) is 1. The van der Waals surface area contributed by atoms with E-state index in [4.69, 9.17) is 11.5 Å². The van der Waals surface area contributed by atoms with Gasteiger partial charge in [-0.2, -0.15) is 0 Å². The molecule has 216 valence electrons. The Balaban J connectivity index is 4.67. The number of aliphatic hydroxyl groups is 2. The zero-order valence-electron chi connectivity index (χ0n) is 23.5. The summed E-state index contributed by atoms with van der Waals surface area (Å²) in [5.41, 5.74) is 10.5. The van der Waals surface area contributed by atoms with Crippen LogP contribution < -0.4 is 16.8 Å². The van der Waals surface area contributed by atoms with Gasteiger partial charge in [0.15, 0.2) is 5.96 Å². The first-order valence-electron chi connectivity index (χ1n) is 13.6. The van der Waals surface area contributed by atoms with Gasteiger partial charge in [-0.05, 0) is 49.9 Å². The molecule has 0 aliphatic heterocycles. The lowest BCUT2D eigenvalue weighted by Gasteiger charge is -2.21. The van der Waals surface area contributed by atoms with Crippen molar-refractivity contribution in [3.8, 4) is 0 Å². The first-order chi connectivity index (χ1) is 18.0. The molecule has 0 aromatic heterocycles. The predicted octanol–water partition coefficient (Wildman–Crippen LogP) is 3.29. The first-order valence-corrected chi connectivity index (χ1v) is 13.6. The summed E-state index contributed by atoms with van der Waals surface area (Å²) in [4.78, 5) is 27.9. The summed E-state index contributed by atoms with van der Waals surface area (Å²) in [6.45, 7) is 8.45. The van der Waals surface area contributed by atoms with Gasteiger partial charge in [-0.25, -0.2) is 4.79 Å². The van der Waals surface area contributed by atoms with Crippen LogP contribution in [0.3, 0.4) is 0 Å². The SMILES string of the molecule is CC[C@H](C)/C=C/C=C/C[C@H](C)C[C@H](C)/C=C/C=C/[C@H](O)[C@H](CO)C(=O)N[C@H](CCCCN=C(N)N)C(=O)O. The molecular weight excluding hydrogens is 484 g/mol. The zero-order valence-corrected chi connectivity index (χ0v) is 23.5. The van der Waals surface area contributed by atoms with Crippen LogP contribution >= 0.6 is 0 Å². The van der Waals surface area contributed by atoms with Crippen molar-refractivity contribution >= 4 is 17.8 Å². The van der Waals surface area contributed by atoms with Gasteiger partial charge in [-0.3, -0.25) is 9.79 Å². The van der Waals surface area contributed by atoms with Gasteiger partial charge in [0.1, 0.15) is 6.04 Å². The van der Waals surface area contributed by atoms with E-state index in [0.717, 1.165) is 19.3 Å². The van der Waals surface area contributed by atoms with Crippen LogP contribution in [-0.2, 0) is 9.59 Å². The fourth-order valence-electron chi connectivity index (χ4n) is 3.71. The fourth-order valence-corrected chi connectivity index (χ4v) is 3.71. The Morgan fingerprint density at radius 3 is 2.21 bits per heavy atom. The number of nitrogens with one attached hydrogen (secondary N) is 1. The van der Waals surface area contributed by atoms with E-state index in [1.165, 1.54) is 6.08 Å². The second kappa shape index (κ2) is 21.1. The van der Waals surface area contributed by atoms with Crippen LogP contribution in [0.4, 0.5) is 0 Å². The number of carbonyl (C=O) groups excluding carboxylic acids is 1. The van der Waals surface area contributed by atoms with Crippen molar-refractivity contribution in [2.75, 3.05) is 13.2 Å². The van der Waals surface area contributed by atoms with E-state index in [-0.39, 0.29) is 12.4 Å². The van der Waals surface area contributed by atoms with E-state index >= 15 is 0 Å². The monoisotopic (exact) mass is 534 g/mol. The minimum absolute atomic E-state index is 0.0340. The molecule has 0 unspecified atom stereocenters. The van der Waals surface area contributed by atoms with Gasteiger partial charge in [0.2, 0.25) is 5.91 Å². The molecule has 0 aliphatic carbocycles. The summed E-state index contributed by atoms with van der Waals surface area (Å²) in [5, 5.41) is 31.8. The Morgan fingerprint density at radius 1 is 0.974 bits per heavy atom. The maximum Gasteiger partial charge on any atom is 0.326 e. The number of aliphatic carboxylic acids is 1. The van der Waals surface area contributed by atoms with Crippen LogP contribution in [0.1, 0.15) is 66.2 Å². The van der Waals surface area contributed by atoms with E-state index in [1.807, 2.05) is 12.2 Å². The number of unbranched alkanes of at least 4 members (excludes halogenated alkanes) is 1. The highest BCUT2D eigenvalue weighted by Crippen LogP contribution is 2.17. The molecule has 0 heterocycles. The molecule has 38 heavy (non-hydrogen) atoms. The number of hydrogen-bond acceptors (Lipinski definition) is 5. The van der Waals surface area contributed by atoms with Crippen molar-refractivity contribution in [2.45, 2.75) is 78.4 Å². The molecule has 0 aliphatic rings. The third-order valence-electron chi connectivity index (χ3n) is 6.26. The summed E-state index contributed by atoms with van der Waals surface area (Å²) in [6, 6.07) is -1.14. The van der Waals surface area contributed by atoms with Crippen LogP contribution in [0, 0.1) is 23.7 Å². The van der Waals surface area contributed by atoms with Crippen molar-refractivity contribution < 1.29 is 24.9 Å². The molecule has 0 radical (unpaired) electrons. The Kier molecular flexibility index (Phi) is 19.5. The number of allylic oxidation sites excluding steroid dienone is 7. The van der Waals surface area contributed by atoms with E-state index in [1.54, 1.807) is 6.08 Å². The number of carboxylic acids is 1. The Hall–Kier alpha value is -2.91. The van der Waals surface area contributed by atoms with Crippen LogP contribution in [0.25, 0.3) is 0 Å². The lowest BCUT2D eigenvalue weighted by atomic mass is 9.94. The maximum absolute atomic E-state index is 12.5. The highest BCUT2D eigenvalue weighted by atomic mass is 16.4. The summed E-state index contributed by atoms with van der Waals surface area (Å²) in [7, 11) is 0. The molecule has 0 fully saturated rings. The van der Waals surface area contributed by atoms with Gasteiger partial charge in [0.25, 0.3) is 0 Å². The van der Waals surface area contributed by atoms with Gasteiger partial charge >= 0.3 is 5.97 Å². The van der Waals surface area contributed by atoms with Gasteiger partial charge in [0, 0.05) is 6.54 Å². The van der Waals surface area contributed by atoms with Gasteiger partial charge in [-0.15, -0.1) is 0 Å². The van der Waals surface area contributed by atoms with Crippen LogP contribution in [0.15, 0.2) is 53.6 Å². The van der Waals surface area contributed by atoms with Gasteiger partial charge in [0.05, 0.1) is 18.6 Å². The summed E-state index contributed by atoms with van der Waals surface area (Å²) >= 11 is 0. The van der Waals surface area contributed by atoms with E-state index in [0.29, 0.717) is 37.1 Å². The second-order valence-corrected chi connectivity index (χ2v) is 10.0. The molecule has 9 nitrogen and oxygen atoms in total. The summed E-state index contributed by atoms with van der Waals surface area (Å²) in [6.07, 6.45) is 18.6. The molecule has 0 spiro atoms. The van der Waals surface area contributed by atoms with E-state index in [2.05, 4.69) is 62.3 Å². The van der Waals surface area contributed by atoms with Crippen molar-refractivity contribution in [1.29, 1.82) is 0 Å². The van der Waals surface area contributed by atoms with Crippen molar-refractivity contribution in [3.05, 3.63) is 48.6 Å². The zero-order chi connectivity index (χ0) is 28.9. The number of guanidine groups is 1. The molecule has 0 aromatic rings. The predicted molar refractivity (Wildman–Crippen MR) is 154 cm³/mol. The molecule has 0 saturated carbocycles. The van der Waals surface area contributed by atoms with Crippen LogP contribution in [0.2, 0.25) is 0 Å². The van der Waals surface area contributed by atoms with Crippen LogP contribution in [-0.4, -0.2) is 58.5 Å². The van der Waals surface area contributed by atoms with Gasteiger partial charge < -0.3 is 32.1 Å². The quantitative estimate of drug-likeness (QED) is 0.0602. The average Bonchev–Trinajstić information content (AvgIpc) is 2.85. The highest BCUT2D eigenvalue weighted by Gasteiger charge is 2.28. The van der Waals surface area contributed by atoms with E-state index in [9.17, 15) is 24.9 Å². The maximum atomic E-state index is 12.5. The normalized spacial score (nSPS) is 17.0. The third kappa shape index (κ3) is 17.5. The molecule has 0 saturated heterocycles. The molecular formula is C29H50N4O5. The standard InChI is InChI=1S/C29H50N4O5/c1-5-21(2)13-7-6-8-14-22(3)19-23(4)15-9-10-17-26(35)24(20-34)27(36)33-25(28(37)38)16-11-12-18-32-29(30)31/h6-10,13,15,17,21-26,34-35H,5,11-12,14,16,18-20H2,1-4H3,(H,33,36)(H,37,38)(H4,30,31,32)/b8-6+,13-7+,15-9+,17-10+/t21-,22-,23+,24-,25+,26-/m0/s1. The number of hydrogen-bond donors (Lipinski definition) is 6. The second-order valence-electron chi connectivity index (χ2n) is 10.0. The average molecular weight is 535 g/mol. The van der Waals surface area contributed by atoms with Crippen molar-refractivity contribution in [1.82, 2.24) is 5.32 Å². The topological polar surface area (TPSA) is 171 Å². The van der Waals surface area contributed by atoms with Gasteiger partial charge in [-0.1, -0.05) is 82.7 Å². The number of aliphatic imine (C=N–C) groups is 1. The number of nitrogens with two attached hydrogens (primary N) is 2. The van der Waals surface area contributed by atoms with Crippen molar-refractivity contribution in [3.63, 3.8) is 0 Å².